The van der Waals surface area contributed by atoms with E-state index in [1.165, 1.54) is 11.3 Å². The maximum absolute atomic E-state index is 13.7. The van der Waals surface area contributed by atoms with Gasteiger partial charge in [-0.15, -0.1) is 0 Å². The SMILES string of the molecule is CCOc1ccc([C@H]2C(C(=O)Nc3ccccc3)=C(C)N=c3s/c(=C/c4cc(Br)c(I)o4)c(=O)n32)cc1. The Bertz CT molecular complexity index is 1670. The molecule has 188 valence electrons. The molecule has 37 heavy (non-hydrogen) atoms. The van der Waals surface area contributed by atoms with Crippen LogP contribution in [0.3, 0.4) is 0 Å². The Morgan fingerprint density at radius 1 is 1.24 bits per heavy atom. The minimum atomic E-state index is -0.665. The number of nitrogens with zero attached hydrogens (tertiary/aromatic N) is 2. The van der Waals surface area contributed by atoms with Crippen molar-refractivity contribution >= 4 is 67.5 Å². The minimum absolute atomic E-state index is 0.248. The van der Waals surface area contributed by atoms with Crippen LogP contribution in [0.4, 0.5) is 5.69 Å². The number of fused-ring (bicyclic) bond motifs is 1. The summed E-state index contributed by atoms with van der Waals surface area (Å²) in [7, 11) is 0. The van der Waals surface area contributed by atoms with E-state index in [1.54, 1.807) is 17.6 Å². The smallest absolute Gasteiger partial charge is 0.271 e. The summed E-state index contributed by atoms with van der Waals surface area (Å²) in [5, 5.41) is 2.96. The summed E-state index contributed by atoms with van der Waals surface area (Å²) in [5.74, 6) is 0.953. The molecule has 2 aromatic heterocycles. The van der Waals surface area contributed by atoms with E-state index in [9.17, 15) is 9.59 Å². The second kappa shape index (κ2) is 10.8. The topological polar surface area (TPSA) is 85.8 Å². The normalized spacial score (nSPS) is 15.4. The molecule has 0 aliphatic carbocycles. The van der Waals surface area contributed by atoms with Gasteiger partial charge in [-0.05, 0) is 65.7 Å². The molecule has 1 atom stereocenters. The number of halogens is 2. The molecule has 0 saturated heterocycles. The molecule has 0 unspecified atom stereocenters. The Morgan fingerprint density at radius 2 is 1.97 bits per heavy atom. The Kier molecular flexibility index (Phi) is 7.50. The molecule has 0 bridgehead atoms. The summed E-state index contributed by atoms with van der Waals surface area (Å²) >= 11 is 6.78. The van der Waals surface area contributed by atoms with Crippen molar-refractivity contribution in [3.63, 3.8) is 0 Å². The van der Waals surface area contributed by atoms with Crippen LogP contribution >= 0.6 is 49.9 Å². The molecule has 0 fully saturated rings. The van der Waals surface area contributed by atoms with Crippen molar-refractivity contribution in [2.24, 2.45) is 4.99 Å². The lowest BCUT2D eigenvalue weighted by Crippen LogP contribution is -2.40. The standard InChI is InChI=1S/C27H21BrIN3O4S/c1-3-35-18-11-9-16(10-12-18)23-22(25(33)31-17-7-5-4-6-8-17)15(2)30-27-32(23)26(34)21(37-27)14-19-13-20(28)24(29)36-19/h4-14,23H,3H2,1-2H3,(H,31,33)/b21-14+/t23-/m0/s1. The molecule has 10 heteroatoms. The number of nitrogens with one attached hydrogen (secondary N) is 1. The van der Waals surface area contributed by atoms with Crippen LogP contribution in [0, 0.1) is 3.77 Å². The van der Waals surface area contributed by atoms with Crippen LogP contribution in [0.5, 0.6) is 5.75 Å². The first-order valence-electron chi connectivity index (χ1n) is 11.4. The van der Waals surface area contributed by atoms with Gasteiger partial charge < -0.3 is 14.5 Å². The summed E-state index contributed by atoms with van der Waals surface area (Å²) < 4.78 is 14.9. The van der Waals surface area contributed by atoms with E-state index in [0.717, 1.165) is 10.0 Å². The van der Waals surface area contributed by atoms with Gasteiger partial charge >= 0.3 is 0 Å². The first kappa shape index (κ1) is 25.7. The van der Waals surface area contributed by atoms with Crippen LogP contribution in [0.2, 0.25) is 0 Å². The van der Waals surface area contributed by atoms with E-state index in [2.05, 4.69) is 48.8 Å². The number of ether oxygens (including phenoxy) is 1. The summed E-state index contributed by atoms with van der Waals surface area (Å²) in [6.07, 6.45) is 1.70. The fourth-order valence-corrected chi connectivity index (χ4v) is 5.87. The molecular formula is C27H21BrIN3O4S. The summed E-state index contributed by atoms with van der Waals surface area (Å²) in [6.45, 7) is 4.26. The number of thiazole rings is 1. The molecule has 1 aliphatic heterocycles. The lowest BCUT2D eigenvalue weighted by Gasteiger charge is -2.25. The number of furan rings is 1. The van der Waals surface area contributed by atoms with Gasteiger partial charge in [0.2, 0.25) is 0 Å². The van der Waals surface area contributed by atoms with Crippen molar-refractivity contribution in [3.8, 4) is 5.75 Å². The minimum Gasteiger partial charge on any atom is -0.494 e. The van der Waals surface area contributed by atoms with Crippen molar-refractivity contribution in [1.29, 1.82) is 0 Å². The average Bonchev–Trinajstić information content (AvgIpc) is 3.36. The summed E-state index contributed by atoms with van der Waals surface area (Å²) in [5.41, 5.74) is 2.15. The third-order valence-electron chi connectivity index (χ3n) is 5.74. The highest BCUT2D eigenvalue weighted by molar-refractivity contribution is 14.1. The number of allylic oxidation sites excluding steroid dienone is 1. The lowest BCUT2D eigenvalue weighted by atomic mass is 9.95. The molecule has 7 nitrogen and oxygen atoms in total. The molecule has 4 aromatic rings. The number of hydrogen-bond acceptors (Lipinski definition) is 6. The molecular weight excluding hydrogens is 669 g/mol. The van der Waals surface area contributed by atoms with Gasteiger partial charge in [0, 0.05) is 34.4 Å². The van der Waals surface area contributed by atoms with E-state index in [-0.39, 0.29) is 11.5 Å². The monoisotopic (exact) mass is 689 g/mol. The highest BCUT2D eigenvalue weighted by Crippen LogP contribution is 2.32. The number of aromatic nitrogens is 1. The van der Waals surface area contributed by atoms with Gasteiger partial charge in [0.1, 0.15) is 11.5 Å². The van der Waals surface area contributed by atoms with Gasteiger partial charge in [0.15, 0.2) is 8.57 Å². The van der Waals surface area contributed by atoms with Crippen molar-refractivity contribution < 1.29 is 13.9 Å². The van der Waals surface area contributed by atoms with E-state index in [1.807, 2.05) is 67.6 Å². The predicted octanol–water partition coefficient (Wildman–Crippen LogP) is 5.23. The van der Waals surface area contributed by atoms with Crippen LogP contribution in [0.1, 0.15) is 31.2 Å². The summed E-state index contributed by atoms with van der Waals surface area (Å²) in [4.78, 5) is 32.5. The van der Waals surface area contributed by atoms with Crippen LogP contribution in [-0.4, -0.2) is 17.1 Å². The predicted molar refractivity (Wildman–Crippen MR) is 156 cm³/mol. The number of hydrogen-bond donors (Lipinski definition) is 1. The number of para-hydroxylation sites is 1. The second-order valence-corrected chi connectivity index (χ2v) is 11.0. The molecule has 0 saturated carbocycles. The van der Waals surface area contributed by atoms with Gasteiger partial charge in [-0.3, -0.25) is 14.2 Å². The summed E-state index contributed by atoms with van der Waals surface area (Å²) in [6, 6.07) is 17.8. The molecule has 0 radical (unpaired) electrons. The highest BCUT2D eigenvalue weighted by Gasteiger charge is 2.32. The fourth-order valence-electron chi connectivity index (χ4n) is 4.12. The van der Waals surface area contributed by atoms with Crippen LogP contribution in [0.15, 0.2) is 90.6 Å². The molecule has 1 amide bonds. The second-order valence-electron chi connectivity index (χ2n) is 8.17. The van der Waals surface area contributed by atoms with E-state index in [4.69, 9.17) is 9.15 Å². The average molecular weight is 690 g/mol. The molecule has 5 rings (SSSR count). The Morgan fingerprint density at radius 3 is 2.62 bits per heavy atom. The maximum atomic E-state index is 13.7. The number of amides is 1. The molecule has 0 spiro atoms. The number of benzene rings is 2. The van der Waals surface area contributed by atoms with Gasteiger partial charge in [0.25, 0.3) is 11.5 Å². The van der Waals surface area contributed by atoms with Crippen molar-refractivity contribution in [2.45, 2.75) is 19.9 Å². The van der Waals surface area contributed by atoms with Crippen molar-refractivity contribution in [1.82, 2.24) is 4.57 Å². The highest BCUT2D eigenvalue weighted by atomic mass is 127. The fraction of sp³-hybridized carbons (Fsp3) is 0.148. The van der Waals surface area contributed by atoms with Gasteiger partial charge in [-0.1, -0.05) is 41.7 Å². The first-order chi connectivity index (χ1) is 17.9. The first-order valence-corrected chi connectivity index (χ1v) is 14.1. The van der Waals surface area contributed by atoms with Crippen molar-refractivity contribution in [3.05, 3.63) is 111 Å². The van der Waals surface area contributed by atoms with Crippen LogP contribution in [-0.2, 0) is 4.79 Å². The van der Waals surface area contributed by atoms with Gasteiger partial charge in [-0.25, -0.2) is 4.99 Å². The van der Waals surface area contributed by atoms with Crippen LogP contribution < -0.4 is 24.9 Å². The van der Waals surface area contributed by atoms with E-state index in [0.29, 0.717) is 48.2 Å². The number of anilines is 1. The molecule has 1 aliphatic rings. The van der Waals surface area contributed by atoms with Crippen LogP contribution in [0.25, 0.3) is 6.08 Å². The maximum Gasteiger partial charge on any atom is 0.271 e. The molecule has 2 aromatic carbocycles. The number of rotatable bonds is 6. The van der Waals surface area contributed by atoms with E-state index >= 15 is 0 Å². The third-order valence-corrected chi connectivity index (χ3v) is 8.86. The third kappa shape index (κ3) is 5.23. The van der Waals surface area contributed by atoms with Gasteiger partial charge in [-0.2, -0.15) is 0 Å². The Labute approximate surface area is 238 Å². The Balaban J connectivity index is 1.66. The molecule has 3 heterocycles. The lowest BCUT2D eigenvalue weighted by molar-refractivity contribution is -0.113. The molecule has 1 N–H and O–H groups in total. The number of carbonyl (C=O) groups is 1. The quantitative estimate of drug-likeness (QED) is 0.281. The van der Waals surface area contributed by atoms with Gasteiger partial charge in [0.05, 0.1) is 32.9 Å². The number of carbonyl (C=O) groups excluding carboxylic acids is 1. The zero-order valence-electron chi connectivity index (χ0n) is 19.8. The zero-order chi connectivity index (χ0) is 26.1. The largest absolute Gasteiger partial charge is 0.494 e. The zero-order valence-corrected chi connectivity index (χ0v) is 24.4. The Hall–Kier alpha value is -2.96. The van der Waals surface area contributed by atoms with E-state index < -0.39 is 6.04 Å². The van der Waals surface area contributed by atoms with Crippen molar-refractivity contribution in [2.75, 3.05) is 11.9 Å².